The molecule has 0 bridgehead atoms. The molecule has 1 N–H and O–H groups in total. The number of piperazine rings is 1. The molecule has 6 nitrogen and oxygen atoms in total. The standard InChI is InChI=1S/C21H27N3O3/c1-16(21(25)22-19-6-4-5-7-20(19)27-3)23-12-14-24(15-13-23)17-8-10-18(26-2)11-9-17/h4-11,16H,12-15H2,1-3H3,(H,22,25)/t16-/m0/s1. The van der Waals surface area contributed by atoms with E-state index in [0.29, 0.717) is 11.4 Å². The van der Waals surface area contributed by atoms with Crippen LogP contribution >= 0.6 is 0 Å². The summed E-state index contributed by atoms with van der Waals surface area (Å²) in [5, 5.41) is 2.98. The van der Waals surface area contributed by atoms with Crippen molar-refractivity contribution < 1.29 is 14.3 Å². The number of carbonyl (C=O) groups is 1. The van der Waals surface area contributed by atoms with E-state index in [0.717, 1.165) is 31.9 Å². The summed E-state index contributed by atoms with van der Waals surface area (Å²) in [5.41, 5.74) is 1.88. The van der Waals surface area contributed by atoms with Crippen LogP contribution in [-0.4, -0.2) is 57.2 Å². The lowest BCUT2D eigenvalue weighted by molar-refractivity contribution is -0.120. The van der Waals surface area contributed by atoms with Gasteiger partial charge < -0.3 is 19.7 Å². The number of rotatable bonds is 6. The zero-order valence-electron chi connectivity index (χ0n) is 16.1. The van der Waals surface area contributed by atoms with Gasteiger partial charge in [-0.1, -0.05) is 12.1 Å². The van der Waals surface area contributed by atoms with Crippen molar-refractivity contribution in [2.45, 2.75) is 13.0 Å². The average Bonchev–Trinajstić information content (AvgIpc) is 2.73. The molecule has 0 saturated carbocycles. The van der Waals surface area contributed by atoms with Crippen LogP contribution in [0, 0.1) is 0 Å². The maximum atomic E-state index is 12.7. The van der Waals surface area contributed by atoms with E-state index in [1.165, 1.54) is 5.69 Å². The van der Waals surface area contributed by atoms with Gasteiger partial charge in [0.25, 0.3) is 0 Å². The minimum Gasteiger partial charge on any atom is -0.497 e. The Morgan fingerprint density at radius 2 is 1.63 bits per heavy atom. The average molecular weight is 369 g/mol. The van der Waals surface area contributed by atoms with Crippen molar-refractivity contribution in [1.29, 1.82) is 0 Å². The highest BCUT2D eigenvalue weighted by atomic mass is 16.5. The van der Waals surface area contributed by atoms with E-state index in [4.69, 9.17) is 9.47 Å². The summed E-state index contributed by atoms with van der Waals surface area (Å²) in [6, 6.07) is 15.4. The largest absolute Gasteiger partial charge is 0.497 e. The third kappa shape index (κ3) is 4.52. The van der Waals surface area contributed by atoms with Gasteiger partial charge in [-0.15, -0.1) is 0 Å². The molecule has 0 unspecified atom stereocenters. The summed E-state index contributed by atoms with van der Waals surface area (Å²) in [7, 11) is 3.28. The van der Waals surface area contributed by atoms with Crippen molar-refractivity contribution in [2.75, 3.05) is 50.6 Å². The molecule has 2 aromatic rings. The van der Waals surface area contributed by atoms with E-state index < -0.39 is 0 Å². The molecule has 3 rings (SSSR count). The lowest BCUT2D eigenvalue weighted by atomic mass is 10.2. The smallest absolute Gasteiger partial charge is 0.241 e. The fraction of sp³-hybridized carbons (Fsp3) is 0.381. The molecule has 27 heavy (non-hydrogen) atoms. The van der Waals surface area contributed by atoms with Crippen LogP contribution in [0.5, 0.6) is 11.5 Å². The molecule has 0 aliphatic carbocycles. The number of para-hydroxylation sites is 2. The Balaban J connectivity index is 1.55. The highest BCUT2D eigenvalue weighted by molar-refractivity contribution is 5.95. The lowest BCUT2D eigenvalue weighted by Gasteiger charge is -2.38. The van der Waals surface area contributed by atoms with Gasteiger partial charge in [-0.2, -0.15) is 0 Å². The topological polar surface area (TPSA) is 54.0 Å². The zero-order chi connectivity index (χ0) is 19.2. The van der Waals surface area contributed by atoms with Gasteiger partial charge in [0.2, 0.25) is 5.91 Å². The summed E-state index contributed by atoms with van der Waals surface area (Å²) in [6.45, 7) is 5.41. The Labute approximate surface area is 160 Å². The van der Waals surface area contributed by atoms with Gasteiger partial charge in [0.15, 0.2) is 0 Å². The van der Waals surface area contributed by atoms with E-state index >= 15 is 0 Å². The fourth-order valence-electron chi connectivity index (χ4n) is 3.31. The summed E-state index contributed by atoms with van der Waals surface area (Å²) in [6.07, 6.45) is 0. The number of nitrogens with zero attached hydrogens (tertiary/aromatic N) is 2. The molecular formula is C21H27N3O3. The van der Waals surface area contributed by atoms with Crippen molar-refractivity contribution in [3.63, 3.8) is 0 Å². The van der Waals surface area contributed by atoms with Gasteiger partial charge in [-0.3, -0.25) is 9.69 Å². The van der Waals surface area contributed by atoms with E-state index in [1.54, 1.807) is 14.2 Å². The quantitative estimate of drug-likeness (QED) is 0.849. The second kappa shape index (κ2) is 8.77. The van der Waals surface area contributed by atoms with Crippen LogP contribution in [0.4, 0.5) is 11.4 Å². The number of amides is 1. The second-order valence-electron chi connectivity index (χ2n) is 6.59. The van der Waals surface area contributed by atoms with Crippen molar-refractivity contribution in [3.05, 3.63) is 48.5 Å². The molecule has 0 radical (unpaired) electrons. The van der Waals surface area contributed by atoms with E-state index in [-0.39, 0.29) is 11.9 Å². The number of ether oxygens (including phenoxy) is 2. The summed E-state index contributed by atoms with van der Waals surface area (Å²) in [5.74, 6) is 1.51. The highest BCUT2D eigenvalue weighted by Crippen LogP contribution is 2.24. The monoisotopic (exact) mass is 369 g/mol. The number of hydrogen-bond donors (Lipinski definition) is 1. The molecule has 0 spiro atoms. The lowest BCUT2D eigenvalue weighted by Crippen LogP contribution is -2.52. The van der Waals surface area contributed by atoms with Gasteiger partial charge in [-0.25, -0.2) is 0 Å². The predicted molar refractivity (Wildman–Crippen MR) is 108 cm³/mol. The molecule has 1 amide bonds. The van der Waals surface area contributed by atoms with Crippen molar-refractivity contribution >= 4 is 17.3 Å². The summed E-state index contributed by atoms with van der Waals surface area (Å²) < 4.78 is 10.5. The SMILES string of the molecule is COc1ccc(N2CCN([C@@H](C)C(=O)Nc3ccccc3OC)CC2)cc1. The van der Waals surface area contributed by atoms with Crippen LogP contribution in [0.3, 0.4) is 0 Å². The third-order valence-corrected chi connectivity index (χ3v) is 5.04. The number of benzene rings is 2. The van der Waals surface area contributed by atoms with Gasteiger partial charge >= 0.3 is 0 Å². The molecule has 1 fully saturated rings. The molecule has 0 aromatic heterocycles. The van der Waals surface area contributed by atoms with Crippen LogP contribution in [0.2, 0.25) is 0 Å². The van der Waals surface area contributed by atoms with Gasteiger partial charge in [0.05, 0.1) is 25.9 Å². The first kappa shape index (κ1) is 19.0. The number of carbonyl (C=O) groups excluding carboxylic acids is 1. The van der Waals surface area contributed by atoms with Crippen molar-refractivity contribution in [1.82, 2.24) is 4.90 Å². The van der Waals surface area contributed by atoms with Crippen LogP contribution in [0.15, 0.2) is 48.5 Å². The predicted octanol–water partition coefficient (Wildman–Crippen LogP) is 2.85. The molecule has 1 heterocycles. The Morgan fingerprint density at radius 1 is 0.963 bits per heavy atom. The van der Waals surface area contributed by atoms with E-state index in [2.05, 4.69) is 27.2 Å². The number of hydrogen-bond acceptors (Lipinski definition) is 5. The Hall–Kier alpha value is -2.73. The van der Waals surface area contributed by atoms with Crippen molar-refractivity contribution in [2.24, 2.45) is 0 Å². The second-order valence-corrected chi connectivity index (χ2v) is 6.59. The normalized spacial score (nSPS) is 15.9. The van der Waals surface area contributed by atoms with Crippen LogP contribution in [0.1, 0.15) is 6.92 Å². The van der Waals surface area contributed by atoms with Crippen LogP contribution < -0.4 is 19.7 Å². The van der Waals surface area contributed by atoms with Gasteiger partial charge in [0.1, 0.15) is 11.5 Å². The molecule has 1 atom stereocenters. The number of methoxy groups -OCH3 is 2. The molecule has 1 aliphatic heterocycles. The summed E-state index contributed by atoms with van der Waals surface area (Å²) in [4.78, 5) is 17.2. The minimum atomic E-state index is -0.201. The zero-order valence-corrected chi connectivity index (χ0v) is 16.1. The first-order valence-corrected chi connectivity index (χ1v) is 9.19. The number of anilines is 2. The molecule has 1 aliphatic rings. The Bertz CT molecular complexity index is 756. The van der Waals surface area contributed by atoms with Crippen molar-refractivity contribution in [3.8, 4) is 11.5 Å². The maximum absolute atomic E-state index is 12.7. The molecular weight excluding hydrogens is 342 g/mol. The van der Waals surface area contributed by atoms with Crippen LogP contribution in [0.25, 0.3) is 0 Å². The van der Waals surface area contributed by atoms with Crippen LogP contribution in [-0.2, 0) is 4.79 Å². The molecule has 144 valence electrons. The molecule has 2 aromatic carbocycles. The number of nitrogens with one attached hydrogen (secondary N) is 1. The first-order valence-electron chi connectivity index (χ1n) is 9.19. The van der Waals surface area contributed by atoms with Gasteiger partial charge in [-0.05, 0) is 43.3 Å². The summed E-state index contributed by atoms with van der Waals surface area (Å²) >= 11 is 0. The van der Waals surface area contributed by atoms with Gasteiger partial charge in [0, 0.05) is 31.9 Å². The highest BCUT2D eigenvalue weighted by Gasteiger charge is 2.26. The molecule has 6 heteroatoms. The third-order valence-electron chi connectivity index (χ3n) is 5.04. The Kier molecular flexibility index (Phi) is 6.19. The minimum absolute atomic E-state index is 0.0163. The first-order chi connectivity index (χ1) is 13.1. The Morgan fingerprint density at radius 3 is 2.26 bits per heavy atom. The fourth-order valence-corrected chi connectivity index (χ4v) is 3.31. The van der Waals surface area contributed by atoms with E-state index in [1.807, 2.05) is 43.3 Å². The maximum Gasteiger partial charge on any atom is 0.241 e. The van der Waals surface area contributed by atoms with E-state index in [9.17, 15) is 4.79 Å². The molecule has 1 saturated heterocycles.